The molecular formula is C30H35N3O3. The van der Waals surface area contributed by atoms with Crippen molar-refractivity contribution in [3.05, 3.63) is 78.0 Å². The van der Waals surface area contributed by atoms with Crippen LogP contribution >= 0.6 is 0 Å². The van der Waals surface area contributed by atoms with Crippen molar-refractivity contribution in [2.45, 2.75) is 64.2 Å². The van der Waals surface area contributed by atoms with E-state index in [-0.39, 0.29) is 17.9 Å². The molecule has 1 N–H and O–H groups in total. The number of amides is 2. The van der Waals surface area contributed by atoms with Crippen molar-refractivity contribution >= 4 is 11.8 Å². The average Bonchev–Trinajstić information content (AvgIpc) is 3.32. The van der Waals surface area contributed by atoms with Gasteiger partial charge in [-0.15, -0.1) is 0 Å². The first-order chi connectivity index (χ1) is 17.4. The summed E-state index contributed by atoms with van der Waals surface area (Å²) in [6.45, 7) is 4.85. The second kappa shape index (κ2) is 9.84. The fourth-order valence-corrected chi connectivity index (χ4v) is 5.63. The summed E-state index contributed by atoms with van der Waals surface area (Å²) in [7, 11) is 1.63. The Balaban J connectivity index is 1.53. The molecule has 1 aliphatic heterocycles. The lowest BCUT2D eigenvalue weighted by atomic mass is 9.86. The van der Waals surface area contributed by atoms with Crippen molar-refractivity contribution in [3.63, 3.8) is 0 Å². The second-order valence-corrected chi connectivity index (χ2v) is 10.5. The van der Waals surface area contributed by atoms with E-state index in [9.17, 15) is 9.59 Å². The molecule has 3 aromatic rings. The Labute approximate surface area is 213 Å². The molecule has 2 heterocycles. The number of carbonyl (C=O) groups excluding carboxylic acids is 2. The first-order valence-electron chi connectivity index (χ1n) is 12.9. The highest BCUT2D eigenvalue weighted by Crippen LogP contribution is 2.36. The molecule has 2 aliphatic rings. The number of ether oxygens (including phenoxy) is 1. The highest BCUT2D eigenvalue weighted by Gasteiger charge is 2.48. The van der Waals surface area contributed by atoms with Crippen molar-refractivity contribution < 1.29 is 14.3 Å². The third-order valence-electron chi connectivity index (χ3n) is 7.94. The van der Waals surface area contributed by atoms with Crippen LogP contribution < -0.4 is 10.1 Å². The molecule has 188 valence electrons. The number of hydrogen-bond acceptors (Lipinski definition) is 3. The average molecular weight is 486 g/mol. The molecule has 1 aliphatic carbocycles. The number of nitrogens with zero attached hydrogens (tertiary/aromatic N) is 2. The van der Waals surface area contributed by atoms with Gasteiger partial charge in [-0.2, -0.15) is 0 Å². The molecule has 0 radical (unpaired) electrons. The fraction of sp³-hybridized carbons (Fsp3) is 0.400. The summed E-state index contributed by atoms with van der Waals surface area (Å²) in [5.74, 6) is 1.16. The standard InChI is InChI=1S/C30H35N3O3/c1-21-13-15-24(16-14-21)31-29(35)30(2)20-32-25(22-9-5-4-6-10-22)17-18-26(32)28(34)33(30)19-23-11-7-8-12-27(23)36-3/h4-12,17-18,21,24H,13-16,19-20H2,1-3H3,(H,31,35). The molecule has 0 bridgehead atoms. The lowest BCUT2D eigenvalue weighted by Crippen LogP contribution is -2.64. The van der Waals surface area contributed by atoms with Crippen LogP contribution in [0.5, 0.6) is 5.75 Å². The van der Waals surface area contributed by atoms with Crippen LogP contribution in [-0.2, 0) is 17.9 Å². The molecule has 1 atom stereocenters. The predicted molar refractivity (Wildman–Crippen MR) is 141 cm³/mol. The second-order valence-electron chi connectivity index (χ2n) is 10.5. The van der Waals surface area contributed by atoms with Gasteiger partial charge in [0.05, 0.1) is 20.2 Å². The maximum absolute atomic E-state index is 14.0. The van der Waals surface area contributed by atoms with E-state index in [1.807, 2.05) is 78.2 Å². The summed E-state index contributed by atoms with van der Waals surface area (Å²) in [6.07, 6.45) is 4.19. The van der Waals surface area contributed by atoms with Crippen LogP contribution in [0.25, 0.3) is 11.3 Å². The highest BCUT2D eigenvalue weighted by molar-refractivity contribution is 6.00. The molecule has 1 saturated carbocycles. The Hall–Kier alpha value is -3.54. The monoisotopic (exact) mass is 485 g/mol. The van der Waals surface area contributed by atoms with E-state index in [0.717, 1.165) is 42.5 Å². The summed E-state index contributed by atoms with van der Waals surface area (Å²) in [6, 6.07) is 21.7. The molecule has 2 amide bonds. The molecule has 36 heavy (non-hydrogen) atoms. The Kier molecular flexibility index (Phi) is 6.61. The van der Waals surface area contributed by atoms with Crippen LogP contribution in [0.1, 0.15) is 55.6 Å². The maximum atomic E-state index is 14.0. The lowest BCUT2D eigenvalue weighted by Gasteiger charge is -2.45. The lowest BCUT2D eigenvalue weighted by molar-refractivity contribution is -0.134. The normalized spacial score (nSPS) is 23.8. The third kappa shape index (κ3) is 4.41. The molecule has 6 nitrogen and oxygen atoms in total. The number of methoxy groups -OCH3 is 1. The maximum Gasteiger partial charge on any atom is 0.271 e. The Morgan fingerprint density at radius 3 is 2.36 bits per heavy atom. The topological polar surface area (TPSA) is 63.6 Å². The number of para-hydroxylation sites is 1. The van der Waals surface area contributed by atoms with Crippen molar-refractivity contribution in [2.24, 2.45) is 5.92 Å². The molecular weight excluding hydrogens is 450 g/mol. The van der Waals surface area contributed by atoms with E-state index in [4.69, 9.17) is 4.74 Å². The van der Waals surface area contributed by atoms with Gasteiger partial charge in [0, 0.05) is 17.3 Å². The summed E-state index contributed by atoms with van der Waals surface area (Å²) in [4.78, 5) is 29.7. The van der Waals surface area contributed by atoms with Crippen molar-refractivity contribution in [3.8, 4) is 17.0 Å². The molecule has 0 saturated heterocycles. The largest absolute Gasteiger partial charge is 0.496 e. The van der Waals surface area contributed by atoms with Gasteiger partial charge < -0.3 is 19.5 Å². The summed E-state index contributed by atoms with van der Waals surface area (Å²) in [5, 5.41) is 3.32. The first-order valence-corrected chi connectivity index (χ1v) is 12.9. The molecule has 0 spiro atoms. The number of rotatable bonds is 6. The molecule has 1 aromatic heterocycles. The van der Waals surface area contributed by atoms with E-state index >= 15 is 0 Å². The number of fused-ring (bicyclic) bond motifs is 1. The van der Waals surface area contributed by atoms with Gasteiger partial charge in [-0.1, -0.05) is 55.5 Å². The summed E-state index contributed by atoms with van der Waals surface area (Å²) in [5.41, 5.74) is 2.39. The third-order valence-corrected chi connectivity index (χ3v) is 7.94. The Morgan fingerprint density at radius 1 is 0.972 bits per heavy atom. The van der Waals surface area contributed by atoms with Gasteiger partial charge in [-0.3, -0.25) is 9.59 Å². The van der Waals surface area contributed by atoms with Gasteiger partial charge in [-0.05, 0) is 62.3 Å². The summed E-state index contributed by atoms with van der Waals surface area (Å²) < 4.78 is 7.58. The van der Waals surface area contributed by atoms with E-state index in [2.05, 4.69) is 12.2 Å². The van der Waals surface area contributed by atoms with Crippen LogP contribution in [0.3, 0.4) is 0 Å². The number of benzene rings is 2. The molecule has 5 rings (SSSR count). The van der Waals surface area contributed by atoms with Crippen LogP contribution in [0, 0.1) is 5.92 Å². The Bertz CT molecular complexity index is 1240. The number of hydrogen-bond donors (Lipinski definition) is 1. The zero-order valence-corrected chi connectivity index (χ0v) is 21.4. The van der Waals surface area contributed by atoms with E-state index in [0.29, 0.717) is 30.5 Å². The van der Waals surface area contributed by atoms with Gasteiger partial charge in [0.15, 0.2) is 0 Å². The number of carbonyl (C=O) groups is 2. The van der Waals surface area contributed by atoms with Crippen molar-refractivity contribution in [1.82, 2.24) is 14.8 Å². The Morgan fingerprint density at radius 2 is 1.64 bits per heavy atom. The SMILES string of the molecule is COc1ccccc1CN1C(=O)c2ccc(-c3ccccc3)n2CC1(C)C(=O)NC1CCC(C)CC1. The van der Waals surface area contributed by atoms with Crippen LogP contribution in [0.15, 0.2) is 66.7 Å². The summed E-state index contributed by atoms with van der Waals surface area (Å²) >= 11 is 0. The van der Waals surface area contributed by atoms with Crippen molar-refractivity contribution in [1.29, 1.82) is 0 Å². The van der Waals surface area contributed by atoms with Crippen LogP contribution in [0.2, 0.25) is 0 Å². The molecule has 6 heteroatoms. The number of aromatic nitrogens is 1. The zero-order chi connectivity index (χ0) is 25.3. The quantitative estimate of drug-likeness (QED) is 0.517. The minimum Gasteiger partial charge on any atom is -0.496 e. The zero-order valence-electron chi connectivity index (χ0n) is 21.4. The smallest absolute Gasteiger partial charge is 0.271 e. The minimum atomic E-state index is -1.06. The van der Waals surface area contributed by atoms with E-state index in [1.54, 1.807) is 12.0 Å². The minimum absolute atomic E-state index is 0.0938. The van der Waals surface area contributed by atoms with Crippen LogP contribution in [-0.4, -0.2) is 40.0 Å². The van der Waals surface area contributed by atoms with Gasteiger partial charge in [-0.25, -0.2) is 0 Å². The highest BCUT2D eigenvalue weighted by atomic mass is 16.5. The van der Waals surface area contributed by atoms with Gasteiger partial charge >= 0.3 is 0 Å². The van der Waals surface area contributed by atoms with Crippen molar-refractivity contribution in [2.75, 3.05) is 7.11 Å². The van der Waals surface area contributed by atoms with E-state index in [1.165, 1.54) is 0 Å². The van der Waals surface area contributed by atoms with Gasteiger partial charge in [0.25, 0.3) is 5.91 Å². The first kappa shape index (κ1) is 24.2. The van der Waals surface area contributed by atoms with Crippen LogP contribution in [0.4, 0.5) is 0 Å². The molecule has 2 aromatic carbocycles. The molecule has 1 fully saturated rings. The fourth-order valence-electron chi connectivity index (χ4n) is 5.63. The van der Waals surface area contributed by atoms with Gasteiger partial charge in [0.2, 0.25) is 5.91 Å². The van der Waals surface area contributed by atoms with Gasteiger partial charge in [0.1, 0.15) is 17.0 Å². The molecule has 1 unspecified atom stereocenters. The predicted octanol–water partition coefficient (Wildman–Crippen LogP) is 5.27. The van der Waals surface area contributed by atoms with E-state index < -0.39 is 5.54 Å². The number of nitrogens with one attached hydrogen (secondary N) is 1.